The average molecular weight is 447 g/mol. The van der Waals surface area contributed by atoms with Crippen molar-refractivity contribution in [3.8, 4) is 22.6 Å². The van der Waals surface area contributed by atoms with Crippen LogP contribution in [0.5, 0.6) is 11.5 Å². The van der Waals surface area contributed by atoms with Crippen molar-refractivity contribution in [3.63, 3.8) is 0 Å². The molecule has 2 N–H and O–H groups in total. The van der Waals surface area contributed by atoms with Crippen LogP contribution in [0.3, 0.4) is 0 Å². The largest absolute Gasteiger partial charge is 0.497 e. The summed E-state index contributed by atoms with van der Waals surface area (Å²) in [7, 11) is 1.60. The average Bonchev–Trinajstić information content (AvgIpc) is 3.17. The minimum absolute atomic E-state index is 0.106. The number of furan rings is 1. The monoisotopic (exact) mass is 446 g/mol. The molecule has 2 heterocycles. The number of methoxy groups -OCH3 is 1. The summed E-state index contributed by atoms with van der Waals surface area (Å²) in [5.74, 6) is 0.481. The minimum atomic E-state index is -0.708. The highest BCUT2D eigenvalue weighted by Gasteiger charge is 2.23. The van der Waals surface area contributed by atoms with E-state index in [2.05, 4.69) is 4.98 Å². The summed E-state index contributed by atoms with van der Waals surface area (Å²) in [6.07, 6.45) is 2.50. The van der Waals surface area contributed by atoms with E-state index in [4.69, 9.17) is 42.8 Å². The molecule has 0 aliphatic heterocycles. The minimum Gasteiger partial charge on any atom is -0.497 e. The summed E-state index contributed by atoms with van der Waals surface area (Å²) in [5.41, 5.74) is 8.47. The van der Waals surface area contributed by atoms with Crippen LogP contribution in [0.15, 0.2) is 53.3 Å². The summed E-state index contributed by atoms with van der Waals surface area (Å²) in [5, 5.41) is 0.880. The number of ether oxygens (including phenoxy) is 2. The quantitative estimate of drug-likeness (QED) is 0.346. The second-order valence-corrected chi connectivity index (χ2v) is 7.40. The molecule has 0 saturated heterocycles. The van der Waals surface area contributed by atoms with Gasteiger partial charge in [-0.05, 0) is 36.8 Å². The molecule has 0 bridgehead atoms. The van der Waals surface area contributed by atoms with E-state index in [1.807, 2.05) is 24.3 Å². The number of anilines is 1. The van der Waals surface area contributed by atoms with Gasteiger partial charge in [0.2, 0.25) is 5.75 Å². The van der Waals surface area contributed by atoms with E-state index in [9.17, 15) is 4.39 Å². The van der Waals surface area contributed by atoms with E-state index in [0.717, 1.165) is 11.1 Å². The van der Waals surface area contributed by atoms with Gasteiger partial charge in [0.15, 0.2) is 11.4 Å². The van der Waals surface area contributed by atoms with Crippen molar-refractivity contribution in [1.29, 1.82) is 0 Å². The summed E-state index contributed by atoms with van der Waals surface area (Å²) in [6.45, 7) is 1.69. The second kappa shape index (κ2) is 8.05. The topological polar surface area (TPSA) is 70.5 Å². The van der Waals surface area contributed by atoms with Gasteiger partial charge in [-0.15, -0.1) is 0 Å². The Bertz CT molecular complexity index is 1240. The highest BCUT2D eigenvalue weighted by atomic mass is 35.5. The smallest absolute Gasteiger partial charge is 0.205 e. The van der Waals surface area contributed by atoms with Crippen molar-refractivity contribution < 1.29 is 18.3 Å². The third-order valence-corrected chi connectivity index (χ3v) is 5.48. The maximum absolute atomic E-state index is 13.9. The van der Waals surface area contributed by atoms with Gasteiger partial charge < -0.3 is 19.6 Å². The van der Waals surface area contributed by atoms with Crippen LogP contribution < -0.4 is 15.2 Å². The molecule has 0 amide bonds. The molecule has 0 spiro atoms. The second-order valence-electron chi connectivity index (χ2n) is 6.61. The summed E-state index contributed by atoms with van der Waals surface area (Å²) < 4.78 is 31.0. The first-order valence-corrected chi connectivity index (χ1v) is 9.76. The first kappa shape index (κ1) is 20.3. The normalized spacial score (nSPS) is 12.2. The van der Waals surface area contributed by atoms with Crippen molar-refractivity contribution in [3.05, 3.63) is 70.3 Å². The van der Waals surface area contributed by atoms with E-state index < -0.39 is 11.9 Å². The van der Waals surface area contributed by atoms with Crippen LogP contribution in [0, 0.1) is 5.82 Å². The van der Waals surface area contributed by atoms with Crippen LogP contribution in [-0.4, -0.2) is 12.1 Å². The first-order valence-electron chi connectivity index (χ1n) is 9.00. The van der Waals surface area contributed by atoms with Crippen molar-refractivity contribution in [1.82, 2.24) is 4.98 Å². The van der Waals surface area contributed by atoms with Gasteiger partial charge >= 0.3 is 0 Å². The molecule has 4 aromatic rings. The third-order valence-electron chi connectivity index (χ3n) is 4.76. The lowest BCUT2D eigenvalue weighted by Crippen LogP contribution is -2.08. The van der Waals surface area contributed by atoms with Crippen molar-refractivity contribution >= 4 is 40.0 Å². The molecule has 4 rings (SSSR count). The van der Waals surface area contributed by atoms with Crippen LogP contribution in [-0.2, 0) is 0 Å². The Labute approximate surface area is 182 Å². The van der Waals surface area contributed by atoms with E-state index in [1.165, 1.54) is 12.1 Å². The molecular weight excluding hydrogens is 430 g/mol. The number of nitrogens with two attached hydrogens (primary N) is 1. The van der Waals surface area contributed by atoms with Gasteiger partial charge in [0.05, 0.1) is 23.8 Å². The highest BCUT2D eigenvalue weighted by molar-refractivity contribution is 6.36. The fourth-order valence-electron chi connectivity index (χ4n) is 3.26. The van der Waals surface area contributed by atoms with Crippen molar-refractivity contribution in [2.24, 2.45) is 0 Å². The molecule has 0 radical (unpaired) electrons. The van der Waals surface area contributed by atoms with Crippen LogP contribution in [0.1, 0.15) is 18.6 Å². The number of aromatic nitrogens is 1. The predicted octanol–water partition coefficient (Wildman–Crippen LogP) is 6.67. The molecule has 8 heteroatoms. The number of nitrogen functional groups attached to an aromatic ring is 1. The lowest BCUT2D eigenvalue weighted by molar-refractivity contribution is 0.227. The van der Waals surface area contributed by atoms with Gasteiger partial charge in [0, 0.05) is 22.3 Å². The van der Waals surface area contributed by atoms with Crippen LogP contribution in [0.4, 0.5) is 10.2 Å². The fourth-order valence-corrected chi connectivity index (χ4v) is 3.94. The number of hydrogen-bond acceptors (Lipinski definition) is 5. The zero-order valence-electron chi connectivity index (χ0n) is 16.1. The molecule has 2 aromatic heterocycles. The number of benzene rings is 2. The van der Waals surface area contributed by atoms with E-state index in [0.29, 0.717) is 22.3 Å². The maximum atomic E-state index is 13.9. The molecule has 0 aliphatic carbocycles. The van der Waals surface area contributed by atoms with Crippen LogP contribution in [0.25, 0.3) is 22.1 Å². The first-order chi connectivity index (χ1) is 14.4. The van der Waals surface area contributed by atoms with E-state index >= 15 is 0 Å². The van der Waals surface area contributed by atoms with Gasteiger partial charge in [-0.3, -0.25) is 0 Å². The molecule has 1 atom stereocenters. The Morgan fingerprint density at radius 3 is 2.77 bits per heavy atom. The Balaban J connectivity index is 1.78. The summed E-state index contributed by atoms with van der Waals surface area (Å²) in [4.78, 5) is 4.24. The lowest BCUT2D eigenvalue weighted by atomic mass is 10.1. The summed E-state index contributed by atoms with van der Waals surface area (Å²) in [6, 6.07) is 10.2. The number of hydrogen-bond donors (Lipinski definition) is 1. The zero-order valence-corrected chi connectivity index (χ0v) is 17.6. The van der Waals surface area contributed by atoms with Crippen LogP contribution >= 0.6 is 23.2 Å². The Kier molecular flexibility index (Phi) is 5.45. The van der Waals surface area contributed by atoms with Gasteiger partial charge in [-0.25, -0.2) is 9.37 Å². The van der Waals surface area contributed by atoms with E-state index in [1.54, 1.807) is 26.5 Å². The van der Waals surface area contributed by atoms with Crippen molar-refractivity contribution in [2.45, 2.75) is 13.0 Å². The number of pyridine rings is 1. The number of rotatable bonds is 5. The highest BCUT2D eigenvalue weighted by Crippen LogP contribution is 2.41. The molecule has 2 aromatic carbocycles. The molecular formula is C22H17Cl2FN2O3. The van der Waals surface area contributed by atoms with Crippen LogP contribution in [0.2, 0.25) is 10.0 Å². The molecule has 0 fully saturated rings. The Morgan fingerprint density at radius 1 is 1.20 bits per heavy atom. The van der Waals surface area contributed by atoms with Gasteiger partial charge in [-0.2, -0.15) is 0 Å². The van der Waals surface area contributed by atoms with E-state index in [-0.39, 0.29) is 21.6 Å². The molecule has 30 heavy (non-hydrogen) atoms. The molecule has 0 aliphatic rings. The predicted molar refractivity (Wildman–Crippen MR) is 116 cm³/mol. The molecule has 154 valence electrons. The number of nitrogens with zero attached hydrogens (tertiary/aromatic N) is 1. The number of halogens is 3. The summed E-state index contributed by atoms with van der Waals surface area (Å²) >= 11 is 12.3. The molecule has 5 nitrogen and oxygen atoms in total. The third kappa shape index (κ3) is 3.53. The number of fused-ring (bicyclic) bond motifs is 1. The standard InChI is InChI=1S/C22H17Cl2FN2O3/c1-11(18-16(23)6-7-17(25)19(18)24)30-21-20-14(9-27-22(21)26)15(10-29-20)12-4-3-5-13(8-12)28-2/h3-11H,1-2H3,(H2,26,27)/t11-/m1/s1. The molecule has 0 unspecified atom stereocenters. The van der Waals surface area contributed by atoms with Gasteiger partial charge in [-0.1, -0.05) is 35.3 Å². The van der Waals surface area contributed by atoms with Crippen molar-refractivity contribution in [2.75, 3.05) is 12.8 Å². The van der Waals surface area contributed by atoms with Gasteiger partial charge in [0.1, 0.15) is 17.7 Å². The Hall–Kier alpha value is -2.96. The SMILES string of the molecule is COc1cccc(-c2coc3c(O[C@H](C)c4c(Cl)ccc(F)c4Cl)c(N)ncc23)c1. The zero-order chi connectivity index (χ0) is 21.4. The van der Waals surface area contributed by atoms with Gasteiger partial charge in [0.25, 0.3) is 0 Å². The molecule has 0 saturated carbocycles. The maximum Gasteiger partial charge on any atom is 0.205 e. The Morgan fingerprint density at radius 2 is 2.00 bits per heavy atom. The fraction of sp³-hybridized carbons (Fsp3) is 0.136. The lowest BCUT2D eigenvalue weighted by Gasteiger charge is -2.18.